The largest absolute Gasteiger partial charge is 0.379 e. The van der Waals surface area contributed by atoms with Crippen molar-refractivity contribution in [1.82, 2.24) is 15.5 Å². The normalized spacial score (nSPS) is 26.3. The quantitative estimate of drug-likeness (QED) is 0.684. The lowest BCUT2D eigenvalue weighted by molar-refractivity contribution is 0.0387. The van der Waals surface area contributed by atoms with Gasteiger partial charge in [-0.25, -0.2) is 13.2 Å². The molecule has 2 fully saturated rings. The van der Waals surface area contributed by atoms with E-state index in [1.807, 2.05) is 0 Å². The maximum absolute atomic E-state index is 11.6. The number of ether oxygens (including phenoxy) is 1. The van der Waals surface area contributed by atoms with Gasteiger partial charge in [0.2, 0.25) is 0 Å². The molecule has 0 aliphatic carbocycles. The lowest BCUT2D eigenvalue weighted by Crippen LogP contribution is -2.44. The monoisotopic (exact) mass is 305 g/mol. The van der Waals surface area contributed by atoms with Gasteiger partial charge in [0.25, 0.3) is 0 Å². The zero-order valence-corrected chi connectivity index (χ0v) is 12.5. The summed E-state index contributed by atoms with van der Waals surface area (Å²) in [6.07, 6.45) is 0.649. The number of carbonyl (C=O) groups is 1. The number of morpholine rings is 1. The fourth-order valence-electron chi connectivity index (χ4n) is 2.48. The predicted octanol–water partition coefficient (Wildman–Crippen LogP) is -0.947. The molecule has 0 spiro atoms. The van der Waals surface area contributed by atoms with Gasteiger partial charge in [0.05, 0.1) is 24.7 Å². The van der Waals surface area contributed by atoms with Gasteiger partial charge in [-0.2, -0.15) is 0 Å². The summed E-state index contributed by atoms with van der Waals surface area (Å²) in [5.41, 5.74) is 0. The van der Waals surface area contributed by atoms with Crippen LogP contribution < -0.4 is 10.6 Å². The molecule has 8 heteroatoms. The van der Waals surface area contributed by atoms with Gasteiger partial charge in [-0.1, -0.05) is 0 Å². The summed E-state index contributed by atoms with van der Waals surface area (Å²) in [7, 11) is -2.87. The van der Waals surface area contributed by atoms with Crippen LogP contribution in [-0.4, -0.2) is 76.8 Å². The van der Waals surface area contributed by atoms with Crippen molar-refractivity contribution in [1.29, 1.82) is 0 Å². The average molecular weight is 305 g/mol. The Balaban J connectivity index is 1.54. The van der Waals surface area contributed by atoms with E-state index in [0.717, 1.165) is 32.8 Å². The number of carbonyl (C=O) groups excluding carboxylic acids is 1. The minimum absolute atomic E-state index is 0.0602. The van der Waals surface area contributed by atoms with Crippen LogP contribution >= 0.6 is 0 Å². The summed E-state index contributed by atoms with van der Waals surface area (Å²) in [6, 6.07) is -0.220. The highest BCUT2D eigenvalue weighted by atomic mass is 32.2. The molecule has 0 radical (unpaired) electrons. The van der Waals surface area contributed by atoms with Gasteiger partial charge >= 0.3 is 6.03 Å². The first-order valence-electron chi connectivity index (χ1n) is 7.07. The fraction of sp³-hybridized carbons (Fsp3) is 0.917. The lowest BCUT2D eigenvalue weighted by atomic mass is 10.1. The molecule has 0 saturated carbocycles. The van der Waals surface area contributed by atoms with Crippen LogP contribution in [0.1, 0.15) is 6.42 Å². The minimum atomic E-state index is -2.87. The summed E-state index contributed by atoms with van der Waals surface area (Å²) >= 11 is 0. The van der Waals surface area contributed by atoms with Gasteiger partial charge in [-0.05, 0) is 12.3 Å². The number of nitrogens with one attached hydrogen (secondary N) is 2. The molecule has 2 heterocycles. The molecule has 0 aromatic rings. The van der Waals surface area contributed by atoms with Gasteiger partial charge in [0.1, 0.15) is 0 Å². The van der Waals surface area contributed by atoms with Crippen LogP contribution in [0.2, 0.25) is 0 Å². The van der Waals surface area contributed by atoms with Crippen molar-refractivity contribution in [2.45, 2.75) is 6.42 Å². The first kappa shape index (κ1) is 15.5. The molecule has 0 aromatic carbocycles. The summed E-state index contributed by atoms with van der Waals surface area (Å²) < 4.78 is 27.8. The van der Waals surface area contributed by atoms with Gasteiger partial charge in [-0.3, -0.25) is 4.90 Å². The third kappa shape index (κ3) is 5.26. The number of sulfone groups is 1. The van der Waals surface area contributed by atoms with Gasteiger partial charge in [0.15, 0.2) is 9.84 Å². The smallest absolute Gasteiger partial charge is 0.314 e. The molecule has 116 valence electrons. The number of urea groups is 1. The van der Waals surface area contributed by atoms with Crippen LogP contribution in [0, 0.1) is 5.92 Å². The van der Waals surface area contributed by atoms with Gasteiger partial charge < -0.3 is 15.4 Å². The summed E-state index contributed by atoms with van der Waals surface area (Å²) in [5.74, 6) is 0.504. The van der Waals surface area contributed by atoms with Crippen molar-refractivity contribution < 1.29 is 17.9 Å². The highest BCUT2D eigenvalue weighted by Crippen LogP contribution is 2.17. The number of nitrogens with zero attached hydrogens (tertiary/aromatic N) is 1. The van der Waals surface area contributed by atoms with Crippen LogP contribution in [0.15, 0.2) is 0 Å². The Hall–Kier alpha value is -0.860. The van der Waals surface area contributed by atoms with E-state index in [0.29, 0.717) is 19.5 Å². The third-order valence-electron chi connectivity index (χ3n) is 3.70. The van der Waals surface area contributed by atoms with E-state index in [1.165, 1.54) is 0 Å². The van der Waals surface area contributed by atoms with Crippen molar-refractivity contribution >= 4 is 15.9 Å². The fourth-order valence-corrected chi connectivity index (χ4v) is 4.35. The van der Waals surface area contributed by atoms with Gasteiger partial charge in [-0.15, -0.1) is 0 Å². The van der Waals surface area contributed by atoms with E-state index in [9.17, 15) is 13.2 Å². The first-order valence-corrected chi connectivity index (χ1v) is 8.89. The number of amides is 2. The molecule has 20 heavy (non-hydrogen) atoms. The number of hydrogen-bond acceptors (Lipinski definition) is 5. The zero-order valence-electron chi connectivity index (χ0n) is 11.6. The van der Waals surface area contributed by atoms with Crippen LogP contribution in [-0.2, 0) is 14.6 Å². The predicted molar refractivity (Wildman–Crippen MR) is 75.4 cm³/mol. The summed E-state index contributed by atoms with van der Waals surface area (Å²) in [5, 5.41) is 5.54. The van der Waals surface area contributed by atoms with Crippen molar-refractivity contribution in [3.63, 3.8) is 0 Å². The number of rotatable bonds is 5. The molecule has 2 saturated heterocycles. The van der Waals surface area contributed by atoms with E-state index in [1.54, 1.807) is 0 Å². The highest BCUT2D eigenvalue weighted by molar-refractivity contribution is 7.91. The molecule has 0 bridgehead atoms. The Labute approximate surface area is 120 Å². The SMILES string of the molecule is O=C(NCCN1CCOCC1)NCC1CCS(=O)(=O)C1. The first-order chi connectivity index (χ1) is 9.55. The Morgan fingerprint density at radius 3 is 2.65 bits per heavy atom. The van der Waals surface area contributed by atoms with Crippen molar-refractivity contribution in [3.05, 3.63) is 0 Å². The summed E-state index contributed by atoms with van der Waals surface area (Å²) in [4.78, 5) is 13.8. The van der Waals surface area contributed by atoms with Crippen LogP contribution in [0.4, 0.5) is 4.79 Å². The molecule has 1 atom stereocenters. The van der Waals surface area contributed by atoms with Crippen molar-refractivity contribution in [2.75, 3.05) is 57.4 Å². The van der Waals surface area contributed by atoms with E-state index in [4.69, 9.17) is 4.74 Å². The number of hydrogen-bond donors (Lipinski definition) is 2. The molecule has 2 N–H and O–H groups in total. The standard InChI is InChI=1S/C12H23N3O4S/c16-12(13-2-3-15-4-6-19-7-5-15)14-9-11-1-8-20(17,18)10-11/h11H,1-10H2,(H2,13,14,16). The lowest BCUT2D eigenvalue weighted by Gasteiger charge is -2.26. The topological polar surface area (TPSA) is 87.7 Å². The van der Waals surface area contributed by atoms with Crippen LogP contribution in [0.5, 0.6) is 0 Å². The Kier molecular flexibility index (Phi) is 5.62. The van der Waals surface area contributed by atoms with Crippen LogP contribution in [0.3, 0.4) is 0 Å². The Bertz CT molecular complexity index is 420. The minimum Gasteiger partial charge on any atom is -0.379 e. The molecule has 2 amide bonds. The maximum Gasteiger partial charge on any atom is 0.314 e. The molecule has 2 aliphatic heterocycles. The Morgan fingerprint density at radius 2 is 2.00 bits per heavy atom. The van der Waals surface area contributed by atoms with Crippen molar-refractivity contribution in [3.8, 4) is 0 Å². The van der Waals surface area contributed by atoms with E-state index < -0.39 is 9.84 Å². The zero-order chi connectivity index (χ0) is 14.4. The Morgan fingerprint density at radius 1 is 1.25 bits per heavy atom. The van der Waals surface area contributed by atoms with Crippen molar-refractivity contribution in [2.24, 2.45) is 5.92 Å². The molecule has 1 unspecified atom stereocenters. The highest BCUT2D eigenvalue weighted by Gasteiger charge is 2.27. The molecular formula is C12H23N3O4S. The van der Waals surface area contributed by atoms with E-state index in [-0.39, 0.29) is 23.5 Å². The molecular weight excluding hydrogens is 282 g/mol. The molecule has 0 aromatic heterocycles. The molecule has 2 aliphatic rings. The molecule has 2 rings (SSSR count). The maximum atomic E-state index is 11.6. The summed E-state index contributed by atoms with van der Waals surface area (Å²) in [6.45, 7) is 5.16. The second-order valence-corrected chi connectivity index (χ2v) is 7.59. The van der Waals surface area contributed by atoms with Crippen LogP contribution in [0.25, 0.3) is 0 Å². The van der Waals surface area contributed by atoms with E-state index >= 15 is 0 Å². The average Bonchev–Trinajstić information content (AvgIpc) is 2.77. The third-order valence-corrected chi connectivity index (χ3v) is 5.53. The second-order valence-electron chi connectivity index (χ2n) is 5.36. The molecule has 7 nitrogen and oxygen atoms in total. The second kappa shape index (κ2) is 7.24. The van der Waals surface area contributed by atoms with E-state index in [2.05, 4.69) is 15.5 Å². The van der Waals surface area contributed by atoms with Gasteiger partial charge in [0, 0.05) is 32.7 Å².